The number of nitrogens with zero attached hydrogens (tertiary/aromatic N) is 3. The van der Waals surface area contributed by atoms with Gasteiger partial charge in [0.05, 0.1) is 24.2 Å². The number of hydrogen-bond donors (Lipinski definition) is 1. The SMILES string of the molecule is CCOc1cc([C@@H]2CN(C)[C@@]3(C(=O)Nc4ccccc43)[C@@H]2[N+](=O)[O-])ccc1OCc1ccccc1C#N. The van der Waals surface area contributed by atoms with E-state index < -0.39 is 17.5 Å². The minimum atomic E-state index is -1.41. The number of likely N-dealkylation sites (tertiary alicyclic amines) is 1. The fourth-order valence-electron chi connectivity index (χ4n) is 5.63. The van der Waals surface area contributed by atoms with Gasteiger partial charge in [-0.1, -0.05) is 42.5 Å². The summed E-state index contributed by atoms with van der Waals surface area (Å²) >= 11 is 0. The number of nitrogens with one attached hydrogen (secondary N) is 1. The number of nitro groups is 1. The summed E-state index contributed by atoms with van der Waals surface area (Å²) in [5.41, 5.74) is 1.77. The molecule has 1 N–H and O–H groups in total. The molecule has 0 radical (unpaired) electrons. The van der Waals surface area contributed by atoms with Gasteiger partial charge < -0.3 is 14.8 Å². The van der Waals surface area contributed by atoms with Crippen LogP contribution in [0, 0.1) is 21.4 Å². The van der Waals surface area contributed by atoms with Crippen molar-refractivity contribution in [1.29, 1.82) is 5.26 Å². The molecule has 1 spiro atoms. The summed E-state index contributed by atoms with van der Waals surface area (Å²) in [6.07, 6.45) is 0. The minimum absolute atomic E-state index is 0.174. The van der Waals surface area contributed by atoms with Crippen molar-refractivity contribution in [2.45, 2.75) is 31.0 Å². The number of hydrogen-bond acceptors (Lipinski definition) is 7. The number of benzene rings is 3. The minimum Gasteiger partial charge on any atom is -0.490 e. The molecule has 0 aromatic heterocycles. The second kappa shape index (κ2) is 9.56. The Morgan fingerprint density at radius 3 is 2.65 bits per heavy atom. The number of carbonyl (C=O) groups excluding carboxylic acids is 1. The molecule has 37 heavy (non-hydrogen) atoms. The monoisotopic (exact) mass is 498 g/mol. The summed E-state index contributed by atoms with van der Waals surface area (Å²) in [5, 5.41) is 24.8. The predicted molar refractivity (Wildman–Crippen MR) is 136 cm³/mol. The van der Waals surface area contributed by atoms with Crippen molar-refractivity contribution in [2.75, 3.05) is 25.5 Å². The van der Waals surface area contributed by atoms with Crippen molar-refractivity contribution < 1.29 is 19.2 Å². The zero-order chi connectivity index (χ0) is 26.2. The smallest absolute Gasteiger partial charge is 0.256 e. The van der Waals surface area contributed by atoms with Gasteiger partial charge in [-0.3, -0.25) is 19.8 Å². The molecule has 188 valence electrons. The normalized spacial score (nSPS) is 22.4. The summed E-state index contributed by atoms with van der Waals surface area (Å²) < 4.78 is 11.9. The quantitative estimate of drug-likeness (QED) is 0.386. The summed E-state index contributed by atoms with van der Waals surface area (Å²) in [6.45, 7) is 2.71. The zero-order valence-corrected chi connectivity index (χ0v) is 20.5. The van der Waals surface area contributed by atoms with Crippen LogP contribution in [0.1, 0.15) is 35.1 Å². The molecule has 9 nitrogen and oxygen atoms in total. The van der Waals surface area contributed by atoms with Crippen molar-refractivity contribution in [3.8, 4) is 17.6 Å². The lowest BCUT2D eigenvalue weighted by molar-refractivity contribution is -0.534. The van der Waals surface area contributed by atoms with E-state index in [0.29, 0.717) is 47.0 Å². The second-order valence-electron chi connectivity index (χ2n) is 9.18. The van der Waals surface area contributed by atoms with Crippen LogP contribution in [0.5, 0.6) is 11.5 Å². The third-order valence-corrected chi connectivity index (χ3v) is 7.26. The molecule has 2 aliphatic heterocycles. The number of amides is 1. The Hall–Kier alpha value is -4.42. The van der Waals surface area contributed by atoms with E-state index in [-0.39, 0.29) is 17.4 Å². The van der Waals surface area contributed by atoms with Crippen LogP contribution in [0.3, 0.4) is 0 Å². The highest BCUT2D eigenvalue weighted by Gasteiger charge is 2.68. The Bertz CT molecular complexity index is 1420. The van der Waals surface area contributed by atoms with E-state index in [1.807, 2.05) is 19.1 Å². The topological polar surface area (TPSA) is 118 Å². The molecule has 2 heterocycles. The first-order valence-electron chi connectivity index (χ1n) is 12.0. The number of ether oxygens (including phenoxy) is 2. The van der Waals surface area contributed by atoms with Crippen molar-refractivity contribution in [3.63, 3.8) is 0 Å². The van der Waals surface area contributed by atoms with E-state index in [0.717, 1.165) is 5.56 Å². The van der Waals surface area contributed by atoms with Crippen molar-refractivity contribution in [3.05, 3.63) is 99.1 Å². The van der Waals surface area contributed by atoms with Gasteiger partial charge in [-0.25, -0.2) is 0 Å². The highest BCUT2D eigenvalue weighted by atomic mass is 16.6. The summed E-state index contributed by atoms with van der Waals surface area (Å²) in [4.78, 5) is 27.3. The lowest BCUT2D eigenvalue weighted by Crippen LogP contribution is -2.54. The number of para-hydroxylation sites is 1. The molecule has 5 rings (SSSR count). The standard InChI is InChI=1S/C28H26N4O5/c1-3-36-25-14-18(12-13-24(25)37-17-20-9-5-4-8-19(20)15-29)21-16-31(2)28(26(21)32(34)35)22-10-6-7-11-23(22)30-27(28)33/h4-14,21,26H,3,16-17H2,1-2H3,(H,30,33)/t21-,26+,28+/m0/s1. The van der Waals surface area contributed by atoms with Gasteiger partial charge in [0.1, 0.15) is 6.61 Å². The van der Waals surface area contributed by atoms with Gasteiger partial charge in [0.15, 0.2) is 17.0 Å². The van der Waals surface area contributed by atoms with Crippen LogP contribution >= 0.6 is 0 Å². The predicted octanol–water partition coefficient (Wildman–Crippen LogP) is 4.06. The number of carbonyl (C=O) groups is 1. The fourth-order valence-corrected chi connectivity index (χ4v) is 5.63. The van der Waals surface area contributed by atoms with Crippen LogP contribution in [-0.4, -0.2) is 42.0 Å². The third kappa shape index (κ3) is 3.86. The summed E-state index contributed by atoms with van der Waals surface area (Å²) in [5.74, 6) is -0.0246. The molecule has 0 aliphatic carbocycles. The van der Waals surface area contributed by atoms with Gasteiger partial charge >= 0.3 is 0 Å². The molecule has 1 fully saturated rings. The lowest BCUT2D eigenvalue weighted by atomic mass is 9.79. The number of nitriles is 1. The number of fused-ring (bicyclic) bond motifs is 2. The maximum atomic E-state index is 13.3. The summed E-state index contributed by atoms with van der Waals surface area (Å²) in [6, 6.07) is 20.6. The maximum absolute atomic E-state index is 13.3. The van der Waals surface area contributed by atoms with E-state index in [9.17, 15) is 20.2 Å². The first-order chi connectivity index (χ1) is 17.9. The zero-order valence-electron chi connectivity index (χ0n) is 20.5. The molecule has 3 atom stereocenters. The Morgan fingerprint density at radius 1 is 1.14 bits per heavy atom. The van der Waals surface area contributed by atoms with Gasteiger partial charge in [-0.2, -0.15) is 5.26 Å². The molecule has 0 saturated carbocycles. The van der Waals surface area contributed by atoms with E-state index in [2.05, 4.69) is 11.4 Å². The Labute approximate surface area is 214 Å². The molecule has 1 saturated heterocycles. The van der Waals surface area contributed by atoms with Gasteiger partial charge in [0.2, 0.25) is 0 Å². The molecular weight excluding hydrogens is 472 g/mol. The van der Waals surface area contributed by atoms with E-state index in [1.54, 1.807) is 66.5 Å². The molecule has 9 heteroatoms. The Morgan fingerprint density at radius 2 is 1.89 bits per heavy atom. The molecule has 3 aromatic rings. The van der Waals surface area contributed by atoms with Crippen LogP contribution < -0.4 is 14.8 Å². The van der Waals surface area contributed by atoms with Gasteiger partial charge in [0, 0.05) is 28.3 Å². The van der Waals surface area contributed by atoms with Crippen LogP contribution in [0.25, 0.3) is 0 Å². The van der Waals surface area contributed by atoms with Crippen LogP contribution in [0.15, 0.2) is 66.7 Å². The first kappa shape index (κ1) is 24.3. The maximum Gasteiger partial charge on any atom is 0.256 e. The highest BCUT2D eigenvalue weighted by Crippen LogP contribution is 2.52. The van der Waals surface area contributed by atoms with Crippen LogP contribution in [0.2, 0.25) is 0 Å². The van der Waals surface area contributed by atoms with Gasteiger partial charge in [0.25, 0.3) is 11.9 Å². The molecule has 0 bridgehead atoms. The van der Waals surface area contributed by atoms with Crippen LogP contribution in [-0.2, 0) is 16.9 Å². The molecule has 2 aliphatic rings. The van der Waals surface area contributed by atoms with Crippen molar-refractivity contribution in [2.24, 2.45) is 0 Å². The van der Waals surface area contributed by atoms with E-state index >= 15 is 0 Å². The van der Waals surface area contributed by atoms with Crippen LogP contribution in [0.4, 0.5) is 5.69 Å². The molecular formula is C28H26N4O5. The molecule has 3 aromatic carbocycles. The van der Waals surface area contributed by atoms with Gasteiger partial charge in [-0.15, -0.1) is 0 Å². The number of likely N-dealkylation sites (N-methyl/N-ethyl adjacent to an activating group) is 1. The molecule has 1 amide bonds. The van der Waals surface area contributed by atoms with E-state index in [1.165, 1.54) is 0 Å². The van der Waals surface area contributed by atoms with Gasteiger partial charge in [-0.05, 0) is 43.8 Å². The van der Waals surface area contributed by atoms with Crippen molar-refractivity contribution in [1.82, 2.24) is 4.90 Å². The largest absolute Gasteiger partial charge is 0.490 e. The Balaban J connectivity index is 1.50. The molecule has 0 unspecified atom stereocenters. The van der Waals surface area contributed by atoms with Crippen molar-refractivity contribution >= 4 is 11.6 Å². The highest BCUT2D eigenvalue weighted by molar-refractivity contribution is 6.06. The number of anilines is 1. The fraction of sp³-hybridized carbons (Fsp3) is 0.286. The average Bonchev–Trinajstić information content (AvgIpc) is 3.38. The second-order valence-corrected chi connectivity index (χ2v) is 9.18. The average molecular weight is 499 g/mol. The first-order valence-corrected chi connectivity index (χ1v) is 12.0. The third-order valence-electron chi connectivity index (χ3n) is 7.26. The summed E-state index contributed by atoms with van der Waals surface area (Å²) in [7, 11) is 1.76. The number of rotatable bonds is 7. The lowest BCUT2D eigenvalue weighted by Gasteiger charge is -2.30. The Kier molecular flexibility index (Phi) is 6.27. The van der Waals surface area contributed by atoms with E-state index in [4.69, 9.17) is 9.47 Å².